The van der Waals surface area contributed by atoms with Gasteiger partial charge in [-0.05, 0) is 64.6 Å². The van der Waals surface area contributed by atoms with Crippen LogP contribution in [-0.2, 0) is 14.9 Å². The first-order chi connectivity index (χ1) is 17.4. The predicted molar refractivity (Wildman–Crippen MR) is 136 cm³/mol. The molecule has 3 saturated carbocycles. The van der Waals surface area contributed by atoms with E-state index in [1.54, 1.807) is 7.11 Å². The number of hydrogen-bond acceptors (Lipinski definition) is 4. The molecule has 0 heterocycles. The topological polar surface area (TPSA) is 84.9 Å². The lowest BCUT2D eigenvalue weighted by Gasteiger charge is -2.72. The van der Waals surface area contributed by atoms with Gasteiger partial charge >= 0.3 is 12.1 Å². The number of hydrogen-bond donors (Lipinski definition) is 2. The van der Waals surface area contributed by atoms with E-state index >= 15 is 0 Å². The fraction of sp³-hybridized carbons (Fsp3) is 0.310. The Hall–Kier alpha value is -3.51. The van der Waals surface area contributed by atoms with Crippen molar-refractivity contribution in [1.29, 1.82) is 0 Å². The molecule has 1 atom stereocenters. The molecule has 4 aliphatic rings. The molecule has 3 aromatic carbocycles. The lowest BCUT2D eigenvalue weighted by atomic mass is 9.31. The molecule has 2 N–H and O–H groups in total. The number of amides is 1. The first kappa shape index (κ1) is 22.9. The third-order valence-corrected chi connectivity index (χ3v) is 8.61. The molecular formula is C29H26ClNO5. The molecule has 0 aromatic heterocycles. The third kappa shape index (κ3) is 3.39. The van der Waals surface area contributed by atoms with Gasteiger partial charge in [0.1, 0.15) is 18.4 Å². The van der Waals surface area contributed by atoms with Gasteiger partial charge in [-0.1, -0.05) is 66.2 Å². The van der Waals surface area contributed by atoms with Gasteiger partial charge < -0.3 is 19.9 Å². The molecule has 4 aliphatic carbocycles. The van der Waals surface area contributed by atoms with Crippen molar-refractivity contribution in [3.05, 3.63) is 88.4 Å². The average molecular weight is 504 g/mol. The maximum atomic E-state index is 12.8. The van der Waals surface area contributed by atoms with Crippen LogP contribution in [0.2, 0.25) is 5.02 Å². The lowest BCUT2D eigenvalue weighted by Crippen LogP contribution is -2.73. The molecule has 3 aromatic rings. The van der Waals surface area contributed by atoms with Crippen LogP contribution in [0, 0.1) is 5.41 Å². The molecular weight excluding hydrogens is 478 g/mol. The monoisotopic (exact) mass is 503 g/mol. The van der Waals surface area contributed by atoms with Gasteiger partial charge in [-0.3, -0.25) is 0 Å². The van der Waals surface area contributed by atoms with Crippen LogP contribution < -0.4 is 10.1 Å². The van der Waals surface area contributed by atoms with E-state index in [0.717, 1.165) is 27.8 Å². The van der Waals surface area contributed by atoms with E-state index < -0.39 is 23.5 Å². The van der Waals surface area contributed by atoms with Crippen LogP contribution in [0.25, 0.3) is 11.1 Å². The fourth-order valence-corrected chi connectivity index (χ4v) is 6.90. The number of carbonyl (C=O) groups is 2. The van der Waals surface area contributed by atoms with Crippen LogP contribution in [0.3, 0.4) is 0 Å². The van der Waals surface area contributed by atoms with Crippen molar-refractivity contribution in [2.24, 2.45) is 5.41 Å². The summed E-state index contributed by atoms with van der Waals surface area (Å²) in [6.07, 6.45) is 1.36. The Morgan fingerprint density at radius 3 is 2.22 bits per heavy atom. The Morgan fingerprint density at radius 2 is 1.64 bits per heavy atom. The molecule has 0 spiro atoms. The Balaban J connectivity index is 1.12. The Bertz CT molecular complexity index is 1320. The van der Waals surface area contributed by atoms with Crippen molar-refractivity contribution in [1.82, 2.24) is 5.32 Å². The number of halogens is 1. The number of alkyl carbamates (subject to hydrolysis) is 1. The van der Waals surface area contributed by atoms with Gasteiger partial charge in [-0.15, -0.1) is 0 Å². The van der Waals surface area contributed by atoms with Crippen LogP contribution in [0.1, 0.15) is 41.9 Å². The zero-order chi connectivity index (χ0) is 25.1. The smallest absolute Gasteiger partial charge is 0.407 e. The second-order valence-corrected chi connectivity index (χ2v) is 10.7. The second-order valence-electron chi connectivity index (χ2n) is 10.3. The van der Waals surface area contributed by atoms with Crippen molar-refractivity contribution in [3.63, 3.8) is 0 Å². The van der Waals surface area contributed by atoms with Gasteiger partial charge in [-0.2, -0.15) is 0 Å². The first-order valence-electron chi connectivity index (χ1n) is 12.0. The van der Waals surface area contributed by atoms with Crippen molar-refractivity contribution in [3.8, 4) is 16.9 Å². The van der Waals surface area contributed by atoms with E-state index in [1.165, 1.54) is 0 Å². The highest BCUT2D eigenvalue weighted by Gasteiger charge is 2.72. The van der Waals surface area contributed by atoms with E-state index in [2.05, 4.69) is 17.4 Å². The van der Waals surface area contributed by atoms with E-state index in [-0.39, 0.29) is 17.9 Å². The van der Waals surface area contributed by atoms with Crippen molar-refractivity contribution in [2.45, 2.75) is 36.6 Å². The highest BCUT2D eigenvalue weighted by atomic mass is 35.5. The molecule has 1 amide bonds. The summed E-state index contributed by atoms with van der Waals surface area (Å²) in [7, 11) is 1.58. The van der Waals surface area contributed by atoms with Gasteiger partial charge in [0, 0.05) is 11.3 Å². The normalized spacial score (nSPS) is 23.9. The maximum absolute atomic E-state index is 12.8. The van der Waals surface area contributed by atoms with E-state index in [4.69, 9.17) is 21.1 Å². The van der Waals surface area contributed by atoms with Crippen LogP contribution in [0.5, 0.6) is 5.75 Å². The van der Waals surface area contributed by atoms with Crippen molar-refractivity contribution >= 4 is 23.7 Å². The van der Waals surface area contributed by atoms with Gasteiger partial charge in [0.15, 0.2) is 0 Å². The van der Waals surface area contributed by atoms with Crippen LogP contribution in [0.15, 0.2) is 66.7 Å². The molecule has 3 fully saturated rings. The number of nitrogens with one attached hydrogen (secondary N) is 1. The zero-order valence-corrected chi connectivity index (χ0v) is 20.5. The summed E-state index contributed by atoms with van der Waals surface area (Å²) in [5.41, 5.74) is 5.05. The summed E-state index contributed by atoms with van der Waals surface area (Å²) < 4.78 is 11.0. The Morgan fingerprint density at radius 1 is 1.03 bits per heavy atom. The fourth-order valence-electron chi connectivity index (χ4n) is 6.70. The molecule has 6 nitrogen and oxygen atoms in total. The Labute approximate surface area is 214 Å². The van der Waals surface area contributed by atoms with Gasteiger partial charge in [0.25, 0.3) is 0 Å². The summed E-state index contributed by atoms with van der Waals surface area (Å²) in [4.78, 5) is 25.0. The quantitative estimate of drug-likeness (QED) is 0.428. The summed E-state index contributed by atoms with van der Waals surface area (Å²) in [6.45, 7) is 0.147. The minimum absolute atomic E-state index is 0.0791. The molecule has 184 valence electrons. The highest BCUT2D eigenvalue weighted by molar-refractivity contribution is 6.32. The van der Waals surface area contributed by atoms with Gasteiger partial charge in [-0.25, -0.2) is 9.59 Å². The highest BCUT2D eigenvalue weighted by Crippen LogP contribution is 2.75. The first-order valence-corrected chi connectivity index (χ1v) is 12.4. The van der Waals surface area contributed by atoms with Crippen LogP contribution in [0.4, 0.5) is 4.79 Å². The summed E-state index contributed by atoms with van der Waals surface area (Å²) in [6, 6.07) is 20.9. The maximum Gasteiger partial charge on any atom is 0.407 e. The van der Waals surface area contributed by atoms with Crippen molar-refractivity contribution < 1.29 is 24.2 Å². The minimum atomic E-state index is -1.04. The number of carboxylic acid groups (broad SMARTS) is 1. The summed E-state index contributed by atoms with van der Waals surface area (Å²) >= 11 is 6.17. The van der Waals surface area contributed by atoms with E-state index in [0.29, 0.717) is 30.0 Å². The number of aliphatic carboxylic acids is 1. The molecule has 36 heavy (non-hydrogen) atoms. The third-order valence-electron chi connectivity index (χ3n) is 8.30. The standard InChI is InChI=1S/C29H26ClNO5/c1-35-24-12-17(10-11-23(24)30)28-14-29(15-28,16-28)25(26(32)33)31-27(34)36-13-22-20-8-4-2-6-18(20)19-7-3-5-9-21(19)22/h2-12,22,25H,13-16H2,1H3,(H,31,34)(H,32,33). The zero-order valence-electron chi connectivity index (χ0n) is 19.8. The number of carboxylic acids is 1. The van der Waals surface area contributed by atoms with Crippen LogP contribution in [-0.4, -0.2) is 36.9 Å². The number of rotatable bonds is 7. The largest absolute Gasteiger partial charge is 0.495 e. The van der Waals surface area contributed by atoms with Gasteiger partial charge in [0.05, 0.1) is 12.1 Å². The molecule has 0 aliphatic heterocycles. The predicted octanol–water partition coefficient (Wildman–Crippen LogP) is 5.76. The summed E-state index contributed by atoms with van der Waals surface area (Å²) in [5.74, 6) is -0.505. The number of fused-ring (bicyclic) bond motifs is 3. The lowest BCUT2D eigenvalue weighted by molar-refractivity contribution is -0.183. The van der Waals surface area contributed by atoms with Crippen LogP contribution >= 0.6 is 11.6 Å². The SMILES string of the molecule is COc1cc(C23CC(C(NC(=O)OCC4c5ccccc5-c5ccccc54)C(=O)O)(C2)C3)ccc1Cl. The number of carbonyl (C=O) groups excluding carboxylic acids is 1. The summed E-state index contributed by atoms with van der Waals surface area (Å²) in [5, 5.41) is 13.2. The van der Waals surface area contributed by atoms with Gasteiger partial charge in [0.2, 0.25) is 0 Å². The molecule has 7 heteroatoms. The Kier molecular flexibility index (Phi) is 5.27. The average Bonchev–Trinajstić information content (AvgIpc) is 3.15. The molecule has 0 saturated heterocycles. The molecule has 2 bridgehead atoms. The molecule has 1 unspecified atom stereocenters. The number of benzene rings is 3. The number of ether oxygens (including phenoxy) is 2. The second kappa shape index (κ2) is 8.27. The number of methoxy groups -OCH3 is 1. The van der Waals surface area contributed by atoms with Crippen molar-refractivity contribution in [2.75, 3.05) is 13.7 Å². The molecule has 7 rings (SSSR count). The van der Waals surface area contributed by atoms with E-state index in [9.17, 15) is 14.7 Å². The minimum Gasteiger partial charge on any atom is -0.495 e. The molecule has 0 radical (unpaired) electrons. The van der Waals surface area contributed by atoms with E-state index in [1.807, 2.05) is 54.6 Å².